The standard InChI is InChI=1S/C17H15FN2O2/c1-17(16(21)19-14-10-6-5-9-13(14)18)11-15(20-22-17)12-7-3-2-4-8-12/h2-10H,11H2,1H3,(H,19,21)/t17-/m1/s1. The highest BCUT2D eigenvalue weighted by Crippen LogP contribution is 2.28. The lowest BCUT2D eigenvalue weighted by atomic mass is 9.95. The van der Waals surface area contributed by atoms with Crippen LogP contribution in [0.4, 0.5) is 10.1 Å². The van der Waals surface area contributed by atoms with E-state index in [-0.39, 0.29) is 5.69 Å². The van der Waals surface area contributed by atoms with Crippen LogP contribution in [0.2, 0.25) is 0 Å². The molecule has 1 N–H and O–H groups in total. The van der Waals surface area contributed by atoms with E-state index < -0.39 is 17.3 Å². The maximum absolute atomic E-state index is 13.6. The van der Waals surface area contributed by atoms with Crippen molar-refractivity contribution in [3.63, 3.8) is 0 Å². The molecule has 1 aliphatic rings. The van der Waals surface area contributed by atoms with Crippen LogP contribution in [-0.2, 0) is 9.63 Å². The van der Waals surface area contributed by atoms with Gasteiger partial charge in [-0.25, -0.2) is 4.39 Å². The number of nitrogens with one attached hydrogen (secondary N) is 1. The number of hydrogen-bond donors (Lipinski definition) is 1. The van der Waals surface area contributed by atoms with Gasteiger partial charge in [0.1, 0.15) is 5.82 Å². The maximum Gasteiger partial charge on any atom is 0.271 e. The number of amides is 1. The molecule has 1 amide bonds. The summed E-state index contributed by atoms with van der Waals surface area (Å²) < 4.78 is 13.6. The van der Waals surface area contributed by atoms with Gasteiger partial charge in [0.25, 0.3) is 5.91 Å². The maximum atomic E-state index is 13.6. The van der Waals surface area contributed by atoms with E-state index in [4.69, 9.17) is 4.84 Å². The summed E-state index contributed by atoms with van der Waals surface area (Å²) in [6.07, 6.45) is 0.331. The Labute approximate surface area is 127 Å². The Morgan fingerprint density at radius 3 is 2.59 bits per heavy atom. The molecule has 0 aliphatic carbocycles. The molecule has 3 rings (SSSR count). The Morgan fingerprint density at radius 1 is 1.18 bits per heavy atom. The van der Waals surface area contributed by atoms with Gasteiger partial charge in [0.2, 0.25) is 5.60 Å². The monoisotopic (exact) mass is 298 g/mol. The van der Waals surface area contributed by atoms with Crippen LogP contribution in [0.25, 0.3) is 0 Å². The van der Waals surface area contributed by atoms with Crippen LogP contribution in [0.1, 0.15) is 18.9 Å². The zero-order chi connectivity index (χ0) is 15.6. The molecule has 112 valence electrons. The molecule has 0 spiro atoms. The van der Waals surface area contributed by atoms with Crippen LogP contribution < -0.4 is 5.32 Å². The Balaban J connectivity index is 1.73. The van der Waals surface area contributed by atoms with Crippen molar-refractivity contribution in [2.45, 2.75) is 18.9 Å². The lowest BCUT2D eigenvalue weighted by Gasteiger charge is -2.20. The van der Waals surface area contributed by atoms with Crippen molar-refractivity contribution in [2.24, 2.45) is 5.16 Å². The number of carbonyl (C=O) groups is 1. The highest BCUT2D eigenvalue weighted by molar-refractivity contribution is 6.07. The summed E-state index contributed by atoms with van der Waals surface area (Å²) in [6, 6.07) is 15.5. The number of rotatable bonds is 3. The molecule has 2 aromatic rings. The van der Waals surface area contributed by atoms with Gasteiger partial charge < -0.3 is 10.2 Å². The second-order valence-corrected chi connectivity index (χ2v) is 5.34. The molecule has 0 fully saturated rings. The van der Waals surface area contributed by atoms with Crippen molar-refractivity contribution in [1.29, 1.82) is 0 Å². The molecular weight excluding hydrogens is 283 g/mol. The van der Waals surface area contributed by atoms with E-state index in [1.54, 1.807) is 19.1 Å². The number of carbonyl (C=O) groups excluding carboxylic acids is 1. The number of para-hydroxylation sites is 1. The Bertz CT molecular complexity index is 730. The highest BCUT2D eigenvalue weighted by atomic mass is 19.1. The van der Waals surface area contributed by atoms with E-state index in [1.807, 2.05) is 30.3 Å². The first-order valence-electron chi connectivity index (χ1n) is 6.95. The molecule has 0 radical (unpaired) electrons. The van der Waals surface area contributed by atoms with Gasteiger partial charge in [0, 0.05) is 6.42 Å². The molecular formula is C17H15FN2O2. The SMILES string of the molecule is C[C@]1(C(=O)Nc2ccccc2F)CC(c2ccccc2)=NO1. The molecule has 0 saturated heterocycles. The van der Waals surface area contributed by atoms with E-state index in [2.05, 4.69) is 10.5 Å². The molecule has 2 aromatic carbocycles. The third-order valence-corrected chi connectivity index (χ3v) is 3.57. The van der Waals surface area contributed by atoms with Crippen LogP contribution in [0.5, 0.6) is 0 Å². The number of hydrogen-bond acceptors (Lipinski definition) is 3. The van der Waals surface area contributed by atoms with Gasteiger partial charge >= 0.3 is 0 Å². The topological polar surface area (TPSA) is 50.7 Å². The van der Waals surface area contributed by atoms with Gasteiger partial charge in [-0.3, -0.25) is 4.79 Å². The predicted molar refractivity (Wildman–Crippen MR) is 82.1 cm³/mol. The number of nitrogens with zero attached hydrogens (tertiary/aromatic N) is 1. The van der Waals surface area contributed by atoms with Crippen LogP contribution in [0, 0.1) is 5.82 Å². The first-order chi connectivity index (χ1) is 10.6. The molecule has 0 unspecified atom stereocenters. The normalized spacial score (nSPS) is 20.2. The van der Waals surface area contributed by atoms with Gasteiger partial charge in [0.15, 0.2) is 0 Å². The second kappa shape index (κ2) is 5.60. The van der Waals surface area contributed by atoms with Crippen LogP contribution >= 0.6 is 0 Å². The van der Waals surface area contributed by atoms with Crippen molar-refractivity contribution in [2.75, 3.05) is 5.32 Å². The molecule has 0 aromatic heterocycles. The Hall–Kier alpha value is -2.69. The largest absolute Gasteiger partial charge is 0.379 e. The summed E-state index contributed by atoms with van der Waals surface area (Å²) >= 11 is 0. The van der Waals surface area contributed by atoms with E-state index in [1.165, 1.54) is 12.1 Å². The zero-order valence-corrected chi connectivity index (χ0v) is 12.0. The van der Waals surface area contributed by atoms with Crippen molar-refractivity contribution in [3.05, 3.63) is 66.0 Å². The van der Waals surface area contributed by atoms with Gasteiger partial charge in [-0.15, -0.1) is 0 Å². The van der Waals surface area contributed by atoms with Gasteiger partial charge in [-0.1, -0.05) is 47.6 Å². The molecule has 22 heavy (non-hydrogen) atoms. The van der Waals surface area contributed by atoms with E-state index >= 15 is 0 Å². The van der Waals surface area contributed by atoms with Crippen LogP contribution in [0.3, 0.4) is 0 Å². The van der Waals surface area contributed by atoms with Crippen molar-refractivity contribution in [1.82, 2.24) is 0 Å². The minimum absolute atomic E-state index is 0.130. The van der Waals surface area contributed by atoms with E-state index in [9.17, 15) is 9.18 Å². The highest BCUT2D eigenvalue weighted by Gasteiger charge is 2.42. The lowest BCUT2D eigenvalue weighted by molar-refractivity contribution is -0.135. The molecule has 1 heterocycles. The summed E-state index contributed by atoms with van der Waals surface area (Å²) in [5.74, 6) is -0.908. The smallest absolute Gasteiger partial charge is 0.271 e. The number of benzene rings is 2. The van der Waals surface area contributed by atoms with E-state index in [0.717, 1.165) is 5.56 Å². The molecule has 4 nitrogen and oxygen atoms in total. The summed E-state index contributed by atoms with van der Waals surface area (Å²) in [5, 5.41) is 6.56. The average molecular weight is 298 g/mol. The molecule has 0 bridgehead atoms. The minimum atomic E-state index is -1.15. The fourth-order valence-corrected chi connectivity index (χ4v) is 2.26. The summed E-state index contributed by atoms with van der Waals surface area (Å²) in [6.45, 7) is 1.64. The van der Waals surface area contributed by atoms with Crippen molar-refractivity contribution in [3.8, 4) is 0 Å². The Kier molecular flexibility index (Phi) is 3.63. The third-order valence-electron chi connectivity index (χ3n) is 3.57. The zero-order valence-electron chi connectivity index (χ0n) is 12.0. The average Bonchev–Trinajstić information content (AvgIpc) is 2.94. The van der Waals surface area contributed by atoms with Crippen molar-refractivity contribution >= 4 is 17.3 Å². The minimum Gasteiger partial charge on any atom is -0.379 e. The van der Waals surface area contributed by atoms with Gasteiger partial charge in [-0.2, -0.15) is 0 Å². The Morgan fingerprint density at radius 2 is 1.86 bits per heavy atom. The van der Waals surface area contributed by atoms with Gasteiger partial charge in [0.05, 0.1) is 11.4 Å². The fourth-order valence-electron chi connectivity index (χ4n) is 2.26. The quantitative estimate of drug-likeness (QED) is 0.944. The number of oxime groups is 1. The summed E-state index contributed by atoms with van der Waals surface area (Å²) in [7, 11) is 0. The fraction of sp³-hybridized carbons (Fsp3) is 0.176. The second-order valence-electron chi connectivity index (χ2n) is 5.34. The van der Waals surface area contributed by atoms with Crippen LogP contribution in [-0.4, -0.2) is 17.2 Å². The molecule has 1 atom stereocenters. The molecule has 0 saturated carbocycles. The first-order valence-corrected chi connectivity index (χ1v) is 6.95. The summed E-state index contributed by atoms with van der Waals surface area (Å²) in [4.78, 5) is 17.7. The predicted octanol–water partition coefficient (Wildman–Crippen LogP) is 3.35. The number of anilines is 1. The number of halogens is 1. The summed E-state index contributed by atoms with van der Waals surface area (Å²) in [5.41, 5.74) is 0.593. The lowest BCUT2D eigenvalue weighted by Crippen LogP contribution is -2.40. The van der Waals surface area contributed by atoms with Gasteiger partial charge in [-0.05, 0) is 24.6 Å². The molecule has 1 aliphatic heterocycles. The van der Waals surface area contributed by atoms with E-state index in [0.29, 0.717) is 12.1 Å². The molecule has 5 heteroatoms. The third kappa shape index (κ3) is 2.70. The van der Waals surface area contributed by atoms with Crippen molar-refractivity contribution < 1.29 is 14.0 Å². The first kappa shape index (κ1) is 14.3. The van der Waals surface area contributed by atoms with Crippen LogP contribution in [0.15, 0.2) is 59.8 Å².